The number of carbonyl (C=O) groups excluding carboxylic acids is 1. The summed E-state index contributed by atoms with van der Waals surface area (Å²) in [6.45, 7) is 1.90. The number of imidazole rings is 1. The fraction of sp³-hybridized carbons (Fsp3) is 0.238. The molecule has 0 spiro atoms. The molecule has 1 N–H and O–H groups in total. The van der Waals surface area contributed by atoms with Gasteiger partial charge in [-0.2, -0.15) is 13.2 Å². The number of amides is 1. The van der Waals surface area contributed by atoms with Crippen LogP contribution in [0.5, 0.6) is 5.75 Å². The molecule has 0 radical (unpaired) electrons. The van der Waals surface area contributed by atoms with Gasteiger partial charge >= 0.3 is 12.1 Å². The maximum Gasteiger partial charge on any atom is 0.490 e. The van der Waals surface area contributed by atoms with E-state index in [2.05, 4.69) is 14.5 Å². The van der Waals surface area contributed by atoms with E-state index in [0.717, 1.165) is 29.4 Å². The summed E-state index contributed by atoms with van der Waals surface area (Å²) in [7, 11) is 1.66. The van der Waals surface area contributed by atoms with E-state index < -0.39 is 12.1 Å². The summed E-state index contributed by atoms with van der Waals surface area (Å²) in [6.07, 6.45) is 0.0668. The Balaban J connectivity index is 0.000000360. The third-order valence-electron chi connectivity index (χ3n) is 4.71. The van der Waals surface area contributed by atoms with E-state index in [1.807, 2.05) is 35.4 Å². The lowest BCUT2D eigenvalue weighted by Gasteiger charge is -2.28. The van der Waals surface area contributed by atoms with Gasteiger partial charge in [0.05, 0.1) is 25.5 Å². The van der Waals surface area contributed by atoms with Gasteiger partial charge in [-0.1, -0.05) is 0 Å². The average molecular weight is 448 g/mol. The van der Waals surface area contributed by atoms with Gasteiger partial charge in [0.1, 0.15) is 11.6 Å². The normalized spacial score (nSPS) is 12.9. The van der Waals surface area contributed by atoms with Gasteiger partial charge in [0.15, 0.2) is 0 Å². The molecule has 0 unspecified atom stereocenters. The first-order valence-electron chi connectivity index (χ1n) is 9.39. The first kappa shape index (κ1) is 22.8. The second-order valence-electron chi connectivity index (χ2n) is 6.71. The van der Waals surface area contributed by atoms with Gasteiger partial charge in [0.25, 0.3) is 5.91 Å². The zero-order valence-corrected chi connectivity index (χ0v) is 16.9. The molecule has 8 nitrogen and oxygen atoms in total. The second kappa shape index (κ2) is 9.50. The molecule has 0 bridgehead atoms. The van der Waals surface area contributed by atoms with Gasteiger partial charge in [-0.15, -0.1) is 0 Å². The Morgan fingerprint density at radius 2 is 1.69 bits per heavy atom. The minimum Gasteiger partial charge on any atom is -0.497 e. The molecule has 0 atom stereocenters. The Labute approximate surface area is 180 Å². The summed E-state index contributed by atoms with van der Waals surface area (Å²) in [6, 6.07) is 11.4. The number of methoxy groups -OCH3 is 1. The van der Waals surface area contributed by atoms with E-state index in [0.29, 0.717) is 18.7 Å². The largest absolute Gasteiger partial charge is 0.497 e. The predicted octanol–water partition coefficient (Wildman–Crippen LogP) is 3.24. The number of hydrogen-bond acceptors (Lipinski definition) is 5. The van der Waals surface area contributed by atoms with Crippen molar-refractivity contribution in [2.75, 3.05) is 13.7 Å². The van der Waals surface area contributed by atoms with Gasteiger partial charge in [0, 0.05) is 36.6 Å². The number of aliphatic carboxylic acids is 1. The summed E-state index contributed by atoms with van der Waals surface area (Å²) in [5.74, 6) is -1.01. The molecule has 3 aromatic rings. The van der Waals surface area contributed by atoms with Crippen molar-refractivity contribution in [3.05, 3.63) is 66.4 Å². The number of nitrogens with zero attached hydrogens (tertiary/aromatic N) is 4. The number of halogens is 3. The molecule has 1 aliphatic heterocycles. The molecule has 32 heavy (non-hydrogen) atoms. The Bertz CT molecular complexity index is 1080. The molecule has 0 saturated heterocycles. The smallest absolute Gasteiger partial charge is 0.490 e. The van der Waals surface area contributed by atoms with Crippen LogP contribution in [0.4, 0.5) is 13.2 Å². The number of carboxylic acids is 1. The zero-order valence-electron chi connectivity index (χ0n) is 16.9. The minimum absolute atomic E-state index is 0.0163. The average Bonchev–Trinajstić information content (AvgIpc) is 3.22. The molecule has 1 aromatic carbocycles. The van der Waals surface area contributed by atoms with Crippen molar-refractivity contribution in [2.45, 2.75) is 19.3 Å². The Morgan fingerprint density at radius 3 is 2.25 bits per heavy atom. The van der Waals surface area contributed by atoms with Crippen LogP contribution in [-0.4, -0.2) is 56.2 Å². The number of benzene rings is 1. The third kappa shape index (κ3) is 5.23. The Kier molecular flexibility index (Phi) is 6.76. The number of ether oxygens (including phenoxy) is 1. The first-order chi connectivity index (χ1) is 15.2. The highest BCUT2D eigenvalue weighted by atomic mass is 19.4. The summed E-state index contributed by atoms with van der Waals surface area (Å²) in [5, 5.41) is 7.12. The molecule has 4 rings (SSSR count). The molecule has 11 heteroatoms. The topological polar surface area (TPSA) is 97.5 Å². The van der Waals surface area contributed by atoms with Crippen LogP contribution < -0.4 is 4.74 Å². The highest BCUT2D eigenvalue weighted by Gasteiger charge is 2.38. The van der Waals surface area contributed by atoms with Crippen LogP contribution in [0, 0.1) is 0 Å². The standard InChI is InChI=1S/C19H18N4O2.C2HF3O2/c1-25-16-4-2-14(3-5-16)17-12-21-18-13-22(10-11-23(17)18)19(24)15-6-8-20-9-7-15;3-2(4,5)1(6)7/h2-9,12H,10-11,13H2,1H3;(H,6,7). The van der Waals surface area contributed by atoms with Crippen molar-refractivity contribution in [1.29, 1.82) is 0 Å². The number of carbonyl (C=O) groups is 2. The molecule has 0 saturated carbocycles. The van der Waals surface area contributed by atoms with Crippen LogP contribution in [0.2, 0.25) is 0 Å². The SMILES string of the molecule is COc1ccc(-c2cnc3n2CCN(C(=O)c2ccncc2)C3)cc1.O=C(O)C(F)(F)F. The monoisotopic (exact) mass is 448 g/mol. The van der Waals surface area contributed by atoms with Crippen molar-refractivity contribution in [3.8, 4) is 17.0 Å². The number of fused-ring (bicyclic) bond motifs is 1. The van der Waals surface area contributed by atoms with Crippen LogP contribution in [0.15, 0.2) is 55.0 Å². The fourth-order valence-corrected chi connectivity index (χ4v) is 3.10. The van der Waals surface area contributed by atoms with Crippen LogP contribution in [0.1, 0.15) is 16.2 Å². The summed E-state index contributed by atoms with van der Waals surface area (Å²) < 4.78 is 39.1. The van der Waals surface area contributed by atoms with Gasteiger partial charge in [-0.25, -0.2) is 9.78 Å². The lowest BCUT2D eigenvalue weighted by Crippen LogP contribution is -2.38. The minimum atomic E-state index is -5.08. The Morgan fingerprint density at radius 1 is 1.06 bits per heavy atom. The maximum atomic E-state index is 12.6. The van der Waals surface area contributed by atoms with Gasteiger partial charge in [0.2, 0.25) is 0 Å². The van der Waals surface area contributed by atoms with Crippen LogP contribution >= 0.6 is 0 Å². The van der Waals surface area contributed by atoms with Crippen molar-refractivity contribution in [1.82, 2.24) is 19.4 Å². The molecule has 2 aromatic heterocycles. The highest BCUT2D eigenvalue weighted by Crippen LogP contribution is 2.26. The van der Waals surface area contributed by atoms with E-state index in [9.17, 15) is 18.0 Å². The van der Waals surface area contributed by atoms with E-state index in [4.69, 9.17) is 14.6 Å². The van der Waals surface area contributed by atoms with Gasteiger partial charge in [-0.05, 0) is 36.4 Å². The van der Waals surface area contributed by atoms with Gasteiger partial charge in [-0.3, -0.25) is 9.78 Å². The molecule has 168 valence electrons. The number of alkyl halides is 3. The molecule has 0 fully saturated rings. The van der Waals surface area contributed by atoms with E-state index in [1.54, 1.807) is 31.6 Å². The van der Waals surface area contributed by atoms with E-state index in [-0.39, 0.29) is 5.91 Å². The zero-order chi connectivity index (χ0) is 23.3. The quantitative estimate of drug-likeness (QED) is 0.661. The van der Waals surface area contributed by atoms with Crippen molar-refractivity contribution in [2.24, 2.45) is 0 Å². The third-order valence-corrected chi connectivity index (χ3v) is 4.71. The molecular formula is C21H19F3N4O4. The summed E-state index contributed by atoms with van der Waals surface area (Å²) >= 11 is 0. The van der Waals surface area contributed by atoms with Crippen LogP contribution in [0.3, 0.4) is 0 Å². The van der Waals surface area contributed by atoms with Crippen LogP contribution in [-0.2, 0) is 17.9 Å². The van der Waals surface area contributed by atoms with Crippen molar-refractivity contribution in [3.63, 3.8) is 0 Å². The lowest BCUT2D eigenvalue weighted by molar-refractivity contribution is -0.192. The number of hydrogen-bond donors (Lipinski definition) is 1. The van der Waals surface area contributed by atoms with Crippen molar-refractivity contribution < 1.29 is 32.6 Å². The molecule has 0 aliphatic carbocycles. The van der Waals surface area contributed by atoms with Gasteiger partial charge < -0.3 is 19.3 Å². The van der Waals surface area contributed by atoms with Crippen LogP contribution in [0.25, 0.3) is 11.3 Å². The molecular weight excluding hydrogens is 429 g/mol. The van der Waals surface area contributed by atoms with E-state index >= 15 is 0 Å². The van der Waals surface area contributed by atoms with Crippen molar-refractivity contribution >= 4 is 11.9 Å². The number of carboxylic acid groups (broad SMARTS) is 1. The Hall–Kier alpha value is -3.89. The number of pyridine rings is 1. The molecule has 1 amide bonds. The number of aromatic nitrogens is 3. The molecule has 3 heterocycles. The summed E-state index contributed by atoms with van der Waals surface area (Å²) in [4.78, 5) is 31.8. The lowest BCUT2D eigenvalue weighted by atomic mass is 10.1. The maximum absolute atomic E-state index is 12.6. The predicted molar refractivity (Wildman–Crippen MR) is 107 cm³/mol. The number of rotatable bonds is 3. The molecule has 1 aliphatic rings. The summed E-state index contributed by atoms with van der Waals surface area (Å²) in [5.41, 5.74) is 2.81. The first-order valence-corrected chi connectivity index (χ1v) is 9.39. The fourth-order valence-electron chi connectivity index (χ4n) is 3.10. The van der Waals surface area contributed by atoms with E-state index in [1.165, 1.54) is 0 Å². The second-order valence-corrected chi connectivity index (χ2v) is 6.71. The highest BCUT2D eigenvalue weighted by molar-refractivity contribution is 5.94.